The molecule has 1 fully saturated rings. The van der Waals surface area contributed by atoms with Crippen LogP contribution in [-0.2, 0) is 11.3 Å². The molecule has 0 aliphatic carbocycles. The lowest BCUT2D eigenvalue weighted by Gasteiger charge is -2.33. The van der Waals surface area contributed by atoms with Crippen molar-refractivity contribution in [3.63, 3.8) is 0 Å². The lowest BCUT2D eigenvalue weighted by Crippen LogP contribution is -2.47. The van der Waals surface area contributed by atoms with Crippen LogP contribution >= 0.6 is 22.6 Å². The molecule has 1 aliphatic heterocycles. The Labute approximate surface area is 214 Å². The molecular weight excluding hydrogens is 564 g/mol. The molecular formula is C24H25FIN7O2. The number of benzene rings is 1. The smallest absolute Gasteiger partial charge is 0.251 e. The van der Waals surface area contributed by atoms with Crippen LogP contribution in [0.1, 0.15) is 25.5 Å². The summed E-state index contributed by atoms with van der Waals surface area (Å²) in [6.45, 7) is 3.22. The van der Waals surface area contributed by atoms with Gasteiger partial charge < -0.3 is 21.1 Å². The summed E-state index contributed by atoms with van der Waals surface area (Å²) in [5.74, 6) is -0.0458. The van der Waals surface area contributed by atoms with Crippen molar-refractivity contribution in [2.45, 2.75) is 38.5 Å². The van der Waals surface area contributed by atoms with Crippen LogP contribution in [0.4, 0.5) is 10.2 Å². The van der Waals surface area contributed by atoms with Crippen molar-refractivity contribution in [2.75, 3.05) is 18.8 Å². The van der Waals surface area contributed by atoms with Gasteiger partial charge in [-0.15, -0.1) is 0 Å². The van der Waals surface area contributed by atoms with E-state index in [-0.39, 0.29) is 17.8 Å². The first-order valence-electron chi connectivity index (χ1n) is 11.4. The van der Waals surface area contributed by atoms with E-state index in [1.165, 1.54) is 19.1 Å². The first kappa shape index (κ1) is 23.8. The third-order valence-corrected chi connectivity index (χ3v) is 7.54. The third kappa shape index (κ3) is 4.67. The van der Waals surface area contributed by atoms with Crippen LogP contribution in [0, 0.1) is 9.39 Å². The number of anilines is 1. The lowest BCUT2D eigenvalue weighted by molar-refractivity contribution is -0.140. The van der Waals surface area contributed by atoms with Gasteiger partial charge in [-0.1, -0.05) is 0 Å². The van der Waals surface area contributed by atoms with E-state index in [2.05, 4.69) is 38.0 Å². The standard InChI is InChI=1S/C24H25FIN7O2/c1-13(34)24(35)32-6-4-17(5-7-32)28-12-20-21(26)22(27)33-23(31-20)18(11-30-33)15-8-14-9-16(25)2-3-19(14)29-10-15/h2-3,8-11,13,17,28,34H,4-7,12,27H2,1H3/t13-/m0/s1. The van der Waals surface area contributed by atoms with Gasteiger partial charge in [-0.05, 0) is 66.6 Å². The minimum atomic E-state index is -0.971. The van der Waals surface area contributed by atoms with E-state index in [4.69, 9.17) is 10.7 Å². The van der Waals surface area contributed by atoms with E-state index in [0.29, 0.717) is 42.0 Å². The zero-order chi connectivity index (χ0) is 24.7. The average molecular weight is 589 g/mol. The number of hydrogen-bond donors (Lipinski definition) is 3. The number of hydrogen-bond acceptors (Lipinski definition) is 7. The van der Waals surface area contributed by atoms with Crippen LogP contribution < -0.4 is 11.1 Å². The summed E-state index contributed by atoms with van der Waals surface area (Å²) < 4.78 is 16.2. The van der Waals surface area contributed by atoms with Crippen LogP contribution in [0.15, 0.2) is 36.7 Å². The molecule has 5 rings (SSSR count). The van der Waals surface area contributed by atoms with Gasteiger partial charge >= 0.3 is 0 Å². The number of aromatic nitrogens is 4. The van der Waals surface area contributed by atoms with E-state index in [0.717, 1.165) is 33.2 Å². The molecule has 35 heavy (non-hydrogen) atoms. The van der Waals surface area contributed by atoms with Gasteiger partial charge in [-0.25, -0.2) is 9.37 Å². The highest BCUT2D eigenvalue weighted by atomic mass is 127. The molecule has 0 radical (unpaired) electrons. The number of pyridine rings is 1. The summed E-state index contributed by atoms with van der Waals surface area (Å²) in [6, 6.07) is 6.60. The van der Waals surface area contributed by atoms with Gasteiger partial charge in [0.15, 0.2) is 5.65 Å². The number of likely N-dealkylation sites (tertiary alicyclic amines) is 1. The van der Waals surface area contributed by atoms with Gasteiger partial charge in [-0.2, -0.15) is 9.61 Å². The molecule has 1 atom stereocenters. The van der Waals surface area contributed by atoms with Crippen molar-refractivity contribution in [1.82, 2.24) is 29.8 Å². The number of carbonyl (C=O) groups is 1. The molecule has 4 heterocycles. The SMILES string of the molecule is C[C@H](O)C(=O)N1CCC(NCc2nc3c(-c4cnc5ccc(F)cc5c4)cnn3c(N)c2I)CC1. The summed E-state index contributed by atoms with van der Waals surface area (Å²) in [4.78, 5) is 23.0. The normalized spacial score (nSPS) is 15.7. The Morgan fingerprint density at radius 3 is 2.83 bits per heavy atom. The maximum Gasteiger partial charge on any atom is 0.251 e. The maximum atomic E-state index is 13.7. The zero-order valence-corrected chi connectivity index (χ0v) is 21.2. The summed E-state index contributed by atoms with van der Waals surface area (Å²) in [7, 11) is 0. The van der Waals surface area contributed by atoms with Crippen molar-refractivity contribution in [3.8, 4) is 11.1 Å². The summed E-state index contributed by atoms with van der Waals surface area (Å²) in [6.07, 6.45) is 4.05. The summed E-state index contributed by atoms with van der Waals surface area (Å²) in [5, 5.41) is 18.2. The van der Waals surface area contributed by atoms with E-state index in [1.54, 1.807) is 27.9 Å². The van der Waals surface area contributed by atoms with Gasteiger partial charge in [0.1, 0.15) is 17.7 Å². The van der Waals surface area contributed by atoms with Gasteiger partial charge in [0, 0.05) is 48.4 Å². The Balaban J connectivity index is 1.38. The number of nitrogens with zero attached hydrogens (tertiary/aromatic N) is 5. The minimum Gasteiger partial charge on any atom is -0.384 e. The van der Waals surface area contributed by atoms with Gasteiger partial charge in [0.05, 0.1) is 21.0 Å². The molecule has 1 saturated heterocycles. The highest BCUT2D eigenvalue weighted by molar-refractivity contribution is 14.1. The van der Waals surface area contributed by atoms with Gasteiger partial charge in [0.25, 0.3) is 5.91 Å². The highest BCUT2D eigenvalue weighted by Gasteiger charge is 2.25. The number of amides is 1. The molecule has 0 spiro atoms. The molecule has 4 N–H and O–H groups in total. The van der Waals surface area contributed by atoms with Crippen molar-refractivity contribution in [3.05, 3.63) is 51.7 Å². The fourth-order valence-electron chi connectivity index (χ4n) is 4.42. The van der Waals surface area contributed by atoms with Crippen LogP contribution in [0.5, 0.6) is 0 Å². The topological polar surface area (TPSA) is 122 Å². The number of rotatable bonds is 5. The average Bonchev–Trinajstić information content (AvgIpc) is 3.28. The molecule has 11 heteroatoms. The Morgan fingerprint density at radius 2 is 2.09 bits per heavy atom. The van der Waals surface area contributed by atoms with Crippen LogP contribution in [0.2, 0.25) is 0 Å². The molecule has 4 aromatic rings. The number of nitrogen functional groups attached to an aromatic ring is 1. The molecule has 0 saturated carbocycles. The number of fused-ring (bicyclic) bond motifs is 2. The number of carbonyl (C=O) groups excluding carboxylic acids is 1. The molecule has 0 bridgehead atoms. The quantitative estimate of drug-likeness (QED) is 0.306. The van der Waals surface area contributed by atoms with Gasteiger partial charge in [-0.3, -0.25) is 9.78 Å². The van der Waals surface area contributed by atoms with E-state index in [9.17, 15) is 14.3 Å². The number of aliphatic hydroxyl groups excluding tert-OH is 1. The molecule has 3 aromatic heterocycles. The lowest BCUT2D eigenvalue weighted by atomic mass is 10.0. The van der Waals surface area contributed by atoms with E-state index < -0.39 is 6.10 Å². The Hall–Kier alpha value is -2.90. The predicted molar refractivity (Wildman–Crippen MR) is 139 cm³/mol. The van der Waals surface area contributed by atoms with Crippen molar-refractivity contribution >= 4 is 50.9 Å². The number of nitrogens with one attached hydrogen (secondary N) is 1. The first-order chi connectivity index (χ1) is 16.8. The van der Waals surface area contributed by atoms with E-state index >= 15 is 0 Å². The highest BCUT2D eigenvalue weighted by Crippen LogP contribution is 2.29. The number of nitrogens with two attached hydrogens (primary N) is 1. The van der Waals surface area contributed by atoms with Crippen LogP contribution in [-0.4, -0.2) is 60.7 Å². The van der Waals surface area contributed by atoms with E-state index in [1.807, 2.05) is 6.07 Å². The second-order valence-corrected chi connectivity index (χ2v) is 9.85. The molecule has 182 valence electrons. The molecule has 0 unspecified atom stereocenters. The second kappa shape index (κ2) is 9.63. The zero-order valence-electron chi connectivity index (χ0n) is 19.1. The minimum absolute atomic E-state index is 0.225. The molecule has 1 amide bonds. The van der Waals surface area contributed by atoms with Crippen molar-refractivity contribution in [1.29, 1.82) is 0 Å². The van der Waals surface area contributed by atoms with Crippen LogP contribution in [0.3, 0.4) is 0 Å². The maximum absolute atomic E-state index is 13.7. The monoisotopic (exact) mass is 589 g/mol. The Morgan fingerprint density at radius 1 is 1.31 bits per heavy atom. The van der Waals surface area contributed by atoms with Crippen molar-refractivity contribution in [2.24, 2.45) is 0 Å². The fourth-order valence-corrected chi connectivity index (χ4v) is 4.96. The third-order valence-electron chi connectivity index (χ3n) is 6.37. The number of aliphatic hydroxyl groups is 1. The first-order valence-corrected chi connectivity index (χ1v) is 12.5. The summed E-state index contributed by atoms with van der Waals surface area (Å²) in [5.41, 5.74) is 10.1. The fraction of sp³-hybridized carbons (Fsp3) is 0.333. The number of piperidine rings is 1. The number of halogens is 2. The largest absolute Gasteiger partial charge is 0.384 e. The Bertz CT molecular complexity index is 1420. The molecule has 1 aliphatic rings. The second-order valence-electron chi connectivity index (χ2n) is 8.77. The molecule has 9 nitrogen and oxygen atoms in total. The van der Waals surface area contributed by atoms with Gasteiger partial charge in [0.2, 0.25) is 0 Å². The Kier molecular flexibility index (Phi) is 6.55. The van der Waals surface area contributed by atoms with Crippen LogP contribution in [0.25, 0.3) is 27.7 Å². The predicted octanol–water partition coefficient (Wildman–Crippen LogP) is 2.73. The van der Waals surface area contributed by atoms with Crippen molar-refractivity contribution < 1.29 is 14.3 Å². The summed E-state index contributed by atoms with van der Waals surface area (Å²) >= 11 is 2.18. The molecule has 1 aromatic carbocycles.